The highest BCUT2D eigenvalue weighted by atomic mass is 16.5. The van der Waals surface area contributed by atoms with Crippen LogP contribution in [0.1, 0.15) is 34.8 Å². The molecule has 5 heteroatoms. The summed E-state index contributed by atoms with van der Waals surface area (Å²) in [4.78, 5) is 26.3. The first-order valence-corrected chi connectivity index (χ1v) is 10.1. The van der Waals surface area contributed by atoms with E-state index in [-0.39, 0.29) is 11.8 Å². The van der Waals surface area contributed by atoms with Gasteiger partial charge in [-0.15, -0.1) is 0 Å². The number of hydrogen-bond donors (Lipinski definition) is 1. The molecule has 0 radical (unpaired) electrons. The van der Waals surface area contributed by atoms with Gasteiger partial charge in [0.05, 0.1) is 12.3 Å². The molecule has 2 aromatic carbocycles. The van der Waals surface area contributed by atoms with Crippen LogP contribution in [0.4, 0.5) is 11.4 Å². The highest BCUT2D eigenvalue weighted by Crippen LogP contribution is 2.36. The number of ether oxygens (including phenoxy) is 1. The van der Waals surface area contributed by atoms with E-state index in [0.29, 0.717) is 19.6 Å². The van der Waals surface area contributed by atoms with Gasteiger partial charge in [-0.2, -0.15) is 0 Å². The quantitative estimate of drug-likeness (QED) is 0.418. The van der Waals surface area contributed by atoms with Gasteiger partial charge in [0.25, 0.3) is 0 Å². The second-order valence-corrected chi connectivity index (χ2v) is 7.11. The number of rotatable bonds is 8. The molecule has 1 N–H and O–H groups in total. The Bertz CT molecular complexity index is 905. The molecule has 1 heterocycles. The van der Waals surface area contributed by atoms with E-state index in [0.717, 1.165) is 47.6 Å². The number of benzene rings is 2. The number of fused-ring (bicyclic) bond motifs is 2. The summed E-state index contributed by atoms with van der Waals surface area (Å²) in [5, 5.41) is 3.32. The summed E-state index contributed by atoms with van der Waals surface area (Å²) >= 11 is 0. The number of anilines is 2. The lowest BCUT2D eigenvalue weighted by Gasteiger charge is -2.27. The normalized spacial score (nSPS) is 13.2. The Kier molecular flexibility index (Phi) is 7.19. The molecule has 0 aliphatic carbocycles. The van der Waals surface area contributed by atoms with Crippen molar-refractivity contribution in [1.82, 2.24) is 5.32 Å². The van der Waals surface area contributed by atoms with Crippen LogP contribution in [-0.4, -0.2) is 38.0 Å². The maximum absolute atomic E-state index is 12.8. The van der Waals surface area contributed by atoms with Gasteiger partial charge in [0, 0.05) is 36.8 Å². The largest absolute Gasteiger partial charge is 0.463 e. The van der Waals surface area contributed by atoms with Crippen LogP contribution in [0.15, 0.2) is 54.6 Å². The maximum Gasteiger partial charge on any atom is 0.330 e. The third-order valence-corrected chi connectivity index (χ3v) is 4.92. The number of carbonyl (C=O) groups is 2. The first kappa shape index (κ1) is 20.8. The molecule has 0 saturated heterocycles. The molecule has 1 aliphatic heterocycles. The molecule has 5 nitrogen and oxygen atoms in total. The summed E-state index contributed by atoms with van der Waals surface area (Å²) in [7, 11) is 0. The monoisotopic (exact) mass is 392 g/mol. The predicted molar refractivity (Wildman–Crippen MR) is 116 cm³/mol. The molecule has 0 saturated carbocycles. The third kappa shape index (κ3) is 5.33. The molecule has 152 valence electrons. The molecular formula is C24H28N2O3. The molecule has 0 atom stereocenters. The minimum atomic E-state index is -0.313. The molecule has 29 heavy (non-hydrogen) atoms. The molecule has 0 bridgehead atoms. The summed E-state index contributed by atoms with van der Waals surface area (Å²) in [5.41, 5.74) is 5.09. The van der Waals surface area contributed by atoms with Crippen molar-refractivity contribution in [2.75, 3.05) is 31.1 Å². The van der Waals surface area contributed by atoms with Gasteiger partial charge in [0.2, 0.25) is 0 Å². The number of hydrogen-bond acceptors (Lipinski definition) is 5. The van der Waals surface area contributed by atoms with Gasteiger partial charge in [-0.05, 0) is 56.1 Å². The van der Waals surface area contributed by atoms with Gasteiger partial charge in [-0.1, -0.05) is 30.3 Å². The molecular weight excluding hydrogens is 364 g/mol. The number of ketones is 1. The van der Waals surface area contributed by atoms with Gasteiger partial charge in [-0.3, -0.25) is 4.79 Å². The molecule has 0 unspecified atom stereocenters. The molecule has 0 fully saturated rings. The molecule has 1 aliphatic rings. The fourth-order valence-corrected chi connectivity index (χ4v) is 3.56. The Labute approximate surface area is 172 Å². The zero-order chi connectivity index (χ0) is 20.6. The van der Waals surface area contributed by atoms with Crippen molar-refractivity contribution >= 4 is 23.1 Å². The Morgan fingerprint density at radius 2 is 2.03 bits per heavy atom. The van der Waals surface area contributed by atoms with E-state index in [1.165, 1.54) is 6.08 Å². The van der Waals surface area contributed by atoms with Crippen LogP contribution in [0.5, 0.6) is 0 Å². The average Bonchev–Trinajstić information content (AvgIpc) is 2.81. The van der Waals surface area contributed by atoms with Crippen LogP contribution in [0.2, 0.25) is 0 Å². The average molecular weight is 392 g/mol. The first-order chi connectivity index (χ1) is 14.1. The van der Waals surface area contributed by atoms with Crippen molar-refractivity contribution in [1.29, 1.82) is 0 Å². The van der Waals surface area contributed by atoms with Crippen LogP contribution in [0.25, 0.3) is 0 Å². The van der Waals surface area contributed by atoms with Crippen LogP contribution in [-0.2, 0) is 16.0 Å². The Morgan fingerprint density at radius 1 is 1.21 bits per heavy atom. The van der Waals surface area contributed by atoms with E-state index in [2.05, 4.69) is 29.3 Å². The van der Waals surface area contributed by atoms with E-state index in [4.69, 9.17) is 4.74 Å². The minimum Gasteiger partial charge on any atom is -0.463 e. The first-order valence-electron chi connectivity index (χ1n) is 10.1. The summed E-state index contributed by atoms with van der Waals surface area (Å²) < 4.78 is 4.86. The second-order valence-electron chi connectivity index (χ2n) is 7.11. The van der Waals surface area contributed by atoms with Gasteiger partial charge in [-0.25, -0.2) is 4.79 Å². The number of Topliss-reactive ketones (excluding diaryl/α,β-unsaturated/α-hetero) is 1. The fraction of sp³-hybridized carbons (Fsp3) is 0.333. The van der Waals surface area contributed by atoms with Gasteiger partial charge in [0.15, 0.2) is 5.78 Å². The molecule has 0 amide bonds. The van der Waals surface area contributed by atoms with Gasteiger partial charge >= 0.3 is 5.97 Å². The summed E-state index contributed by atoms with van der Waals surface area (Å²) in [5.74, 6) is -0.149. The van der Waals surface area contributed by atoms with Crippen molar-refractivity contribution in [2.45, 2.75) is 26.7 Å². The van der Waals surface area contributed by atoms with Crippen molar-refractivity contribution in [3.63, 3.8) is 0 Å². The summed E-state index contributed by atoms with van der Waals surface area (Å²) in [6.45, 7) is 6.45. The molecule has 0 aromatic heterocycles. The van der Waals surface area contributed by atoms with Crippen LogP contribution in [0.3, 0.4) is 0 Å². The van der Waals surface area contributed by atoms with E-state index >= 15 is 0 Å². The van der Waals surface area contributed by atoms with Crippen molar-refractivity contribution < 1.29 is 14.3 Å². The number of carbonyl (C=O) groups excluding carboxylic acids is 2. The Balaban J connectivity index is 1.67. The number of nitrogens with one attached hydrogen (secondary N) is 1. The zero-order valence-corrected chi connectivity index (χ0v) is 17.1. The Hall–Kier alpha value is -2.92. The standard InChI is InChI=1S/C24H28N2O3/c1-3-29-24(28)10-6-13-25-14-7-15-26-21-9-5-4-8-19(21)17-23(27)20-12-11-18(2)16-22(20)26/h4-6,8-12,16,25H,3,7,13-15,17H2,1-2H3/b10-6+. The van der Waals surface area contributed by atoms with E-state index in [9.17, 15) is 9.59 Å². The SMILES string of the molecule is CCOC(=O)/C=C/CNCCCN1c2ccccc2CC(=O)c2ccc(C)cc21. The highest BCUT2D eigenvalue weighted by molar-refractivity contribution is 6.05. The van der Waals surface area contributed by atoms with Crippen molar-refractivity contribution in [3.8, 4) is 0 Å². The lowest BCUT2D eigenvalue weighted by atomic mass is 10.0. The third-order valence-electron chi connectivity index (χ3n) is 4.92. The predicted octanol–water partition coefficient (Wildman–Crippen LogP) is 3.97. The van der Waals surface area contributed by atoms with Crippen molar-refractivity contribution in [2.24, 2.45) is 0 Å². The maximum atomic E-state index is 12.8. The van der Waals surface area contributed by atoms with Crippen LogP contribution < -0.4 is 10.2 Å². The van der Waals surface area contributed by atoms with Gasteiger partial charge < -0.3 is 15.0 Å². The topological polar surface area (TPSA) is 58.6 Å². The molecule has 0 spiro atoms. The smallest absolute Gasteiger partial charge is 0.330 e. The van der Waals surface area contributed by atoms with E-state index < -0.39 is 0 Å². The Morgan fingerprint density at radius 3 is 2.86 bits per heavy atom. The van der Waals surface area contributed by atoms with Crippen LogP contribution in [0, 0.1) is 6.92 Å². The lowest BCUT2D eigenvalue weighted by molar-refractivity contribution is -0.137. The summed E-state index contributed by atoms with van der Waals surface area (Å²) in [6.07, 6.45) is 4.56. The van der Waals surface area contributed by atoms with E-state index in [1.807, 2.05) is 30.3 Å². The zero-order valence-electron chi connectivity index (χ0n) is 17.1. The number of aryl methyl sites for hydroxylation is 1. The number of nitrogens with zero attached hydrogens (tertiary/aromatic N) is 1. The highest BCUT2D eigenvalue weighted by Gasteiger charge is 2.24. The molecule has 3 rings (SSSR count). The van der Waals surface area contributed by atoms with Crippen molar-refractivity contribution in [3.05, 3.63) is 71.3 Å². The fourth-order valence-electron chi connectivity index (χ4n) is 3.56. The number of esters is 1. The summed E-state index contributed by atoms with van der Waals surface area (Å²) in [6, 6.07) is 14.2. The minimum absolute atomic E-state index is 0.164. The van der Waals surface area contributed by atoms with Crippen LogP contribution >= 0.6 is 0 Å². The van der Waals surface area contributed by atoms with E-state index in [1.54, 1.807) is 13.0 Å². The van der Waals surface area contributed by atoms with Gasteiger partial charge in [0.1, 0.15) is 0 Å². The number of para-hydroxylation sites is 1. The second kappa shape index (κ2) is 10.0. The lowest BCUT2D eigenvalue weighted by Crippen LogP contribution is -2.24. The molecule has 2 aromatic rings.